The van der Waals surface area contributed by atoms with E-state index < -0.39 is 11.5 Å². The molecule has 0 unspecified atom stereocenters. The molecule has 1 N–H and O–H groups in total. The Balaban J connectivity index is 2.00. The maximum atomic E-state index is 12.0. The van der Waals surface area contributed by atoms with Gasteiger partial charge in [-0.1, -0.05) is 30.3 Å². The zero-order valence-corrected chi connectivity index (χ0v) is 12.1. The Labute approximate surface area is 127 Å². The highest BCUT2D eigenvalue weighted by Gasteiger charge is 2.09. The molecular weight excluding hydrogens is 284 g/mol. The summed E-state index contributed by atoms with van der Waals surface area (Å²) in [5.41, 5.74) is 0.524. The number of anilines is 1. The lowest BCUT2D eigenvalue weighted by molar-refractivity contribution is -0.141. The summed E-state index contributed by atoms with van der Waals surface area (Å²) in [7, 11) is 0. The molecule has 0 radical (unpaired) electrons. The van der Waals surface area contributed by atoms with Crippen LogP contribution in [0.5, 0.6) is 0 Å². The van der Waals surface area contributed by atoms with Gasteiger partial charge in [0.15, 0.2) is 0 Å². The van der Waals surface area contributed by atoms with Crippen molar-refractivity contribution in [3.05, 3.63) is 64.6 Å². The van der Waals surface area contributed by atoms with Crippen LogP contribution in [0.4, 0.5) is 5.69 Å². The van der Waals surface area contributed by atoms with Crippen molar-refractivity contribution in [1.29, 1.82) is 0 Å². The van der Waals surface area contributed by atoms with E-state index in [1.807, 2.05) is 30.3 Å². The third-order valence-corrected chi connectivity index (χ3v) is 2.90. The summed E-state index contributed by atoms with van der Waals surface area (Å²) in [6.07, 6.45) is 2.15. The Hall–Kier alpha value is -2.89. The van der Waals surface area contributed by atoms with Gasteiger partial charge in [0.05, 0.1) is 0 Å². The summed E-state index contributed by atoms with van der Waals surface area (Å²) in [6.45, 7) is 1.19. The summed E-state index contributed by atoms with van der Waals surface area (Å²) in [5.74, 6) is -0.892. The van der Waals surface area contributed by atoms with Gasteiger partial charge in [0.2, 0.25) is 5.91 Å². The lowest BCUT2D eigenvalue weighted by Crippen LogP contribution is -2.31. The minimum atomic E-state index is -0.616. The highest BCUT2D eigenvalue weighted by Crippen LogP contribution is 2.04. The number of carbonyl (C=O) groups is 2. The molecule has 0 aliphatic carbocycles. The molecule has 1 aromatic heterocycles. The number of aryl methyl sites for hydroxylation is 1. The average Bonchev–Trinajstić information content (AvgIpc) is 2.50. The van der Waals surface area contributed by atoms with Gasteiger partial charge in [0, 0.05) is 19.5 Å². The Bertz CT molecular complexity index is 722. The first kappa shape index (κ1) is 15.5. The number of hydrogen-bond acceptors (Lipinski definition) is 4. The smallest absolute Gasteiger partial charge is 0.330 e. The molecule has 0 aliphatic rings. The van der Waals surface area contributed by atoms with Crippen molar-refractivity contribution in [2.45, 2.75) is 19.8 Å². The molecule has 6 nitrogen and oxygen atoms in total. The first-order valence-corrected chi connectivity index (χ1v) is 6.80. The molecule has 2 rings (SSSR count). The Kier molecular flexibility index (Phi) is 5.08. The van der Waals surface area contributed by atoms with Gasteiger partial charge in [-0.25, -0.2) is 4.79 Å². The maximum absolute atomic E-state index is 12.0. The van der Waals surface area contributed by atoms with E-state index in [0.29, 0.717) is 6.42 Å². The molecule has 114 valence electrons. The van der Waals surface area contributed by atoms with Crippen LogP contribution in [0, 0.1) is 0 Å². The summed E-state index contributed by atoms with van der Waals surface area (Å²) in [6, 6.07) is 12.6. The third-order valence-electron chi connectivity index (χ3n) is 2.90. The summed E-state index contributed by atoms with van der Waals surface area (Å²) in [4.78, 5) is 39.5. The van der Waals surface area contributed by atoms with Crippen LogP contribution >= 0.6 is 0 Å². The lowest BCUT2D eigenvalue weighted by atomic mass is 10.1. The van der Waals surface area contributed by atoms with Gasteiger partial charge in [-0.3, -0.25) is 9.59 Å². The number of rotatable bonds is 5. The van der Waals surface area contributed by atoms with Gasteiger partial charge in [-0.15, -0.1) is 4.73 Å². The normalized spacial score (nSPS) is 10.0. The number of hydrogen-bond donors (Lipinski definition) is 1. The first-order chi connectivity index (χ1) is 10.6. The van der Waals surface area contributed by atoms with Crippen molar-refractivity contribution in [2.75, 3.05) is 5.32 Å². The van der Waals surface area contributed by atoms with Crippen LogP contribution in [0.1, 0.15) is 18.9 Å². The van der Waals surface area contributed by atoms with Gasteiger partial charge in [-0.2, -0.15) is 0 Å². The molecule has 22 heavy (non-hydrogen) atoms. The summed E-state index contributed by atoms with van der Waals surface area (Å²) < 4.78 is 0.787. The lowest BCUT2D eigenvalue weighted by Gasteiger charge is -2.08. The number of pyridine rings is 1. The molecule has 0 aliphatic heterocycles. The second kappa shape index (κ2) is 7.21. The van der Waals surface area contributed by atoms with E-state index in [9.17, 15) is 14.4 Å². The van der Waals surface area contributed by atoms with E-state index in [1.165, 1.54) is 25.3 Å². The number of nitrogens with one attached hydrogen (secondary N) is 1. The van der Waals surface area contributed by atoms with E-state index >= 15 is 0 Å². The number of benzene rings is 1. The first-order valence-electron chi connectivity index (χ1n) is 6.80. The highest BCUT2D eigenvalue weighted by molar-refractivity contribution is 5.90. The van der Waals surface area contributed by atoms with E-state index in [4.69, 9.17) is 4.84 Å². The fourth-order valence-electron chi connectivity index (χ4n) is 1.90. The second-order valence-electron chi connectivity index (χ2n) is 4.67. The standard InChI is InChI=1S/C16H16N2O4/c1-12(19)22-18-11-5-8-14(16(18)21)17-15(20)10-9-13-6-3-2-4-7-13/h2-8,11H,9-10H2,1H3,(H,17,20). The Morgan fingerprint density at radius 3 is 2.55 bits per heavy atom. The molecule has 0 saturated carbocycles. The number of amides is 1. The molecule has 1 amide bonds. The van der Waals surface area contributed by atoms with Crippen molar-refractivity contribution >= 4 is 17.6 Å². The van der Waals surface area contributed by atoms with Crippen molar-refractivity contribution in [1.82, 2.24) is 4.73 Å². The quantitative estimate of drug-likeness (QED) is 0.905. The topological polar surface area (TPSA) is 77.4 Å². The SMILES string of the molecule is CC(=O)On1cccc(NC(=O)CCc2ccccc2)c1=O. The van der Waals surface area contributed by atoms with Gasteiger partial charge in [0.1, 0.15) is 5.69 Å². The van der Waals surface area contributed by atoms with Crippen LogP contribution in [0.2, 0.25) is 0 Å². The summed E-state index contributed by atoms with van der Waals surface area (Å²) in [5, 5.41) is 2.53. The maximum Gasteiger partial charge on any atom is 0.330 e. The highest BCUT2D eigenvalue weighted by atomic mass is 16.7. The van der Waals surface area contributed by atoms with Crippen molar-refractivity contribution in [3.63, 3.8) is 0 Å². The Morgan fingerprint density at radius 2 is 1.86 bits per heavy atom. The zero-order valence-electron chi connectivity index (χ0n) is 12.1. The van der Waals surface area contributed by atoms with Crippen LogP contribution in [-0.2, 0) is 16.0 Å². The molecule has 2 aromatic rings. The molecule has 1 heterocycles. The second-order valence-corrected chi connectivity index (χ2v) is 4.67. The van der Waals surface area contributed by atoms with Gasteiger partial charge in [0.25, 0.3) is 0 Å². The van der Waals surface area contributed by atoms with Gasteiger partial charge < -0.3 is 10.2 Å². The van der Waals surface area contributed by atoms with Gasteiger partial charge >= 0.3 is 11.5 Å². The molecule has 0 bridgehead atoms. The summed E-state index contributed by atoms with van der Waals surface area (Å²) >= 11 is 0. The fourth-order valence-corrected chi connectivity index (χ4v) is 1.90. The molecule has 6 heteroatoms. The predicted octanol–water partition coefficient (Wildman–Crippen LogP) is 1.39. The Morgan fingerprint density at radius 1 is 1.14 bits per heavy atom. The molecular formula is C16H16N2O4. The minimum absolute atomic E-state index is 0.0711. The van der Waals surface area contributed by atoms with Crippen LogP contribution in [0.25, 0.3) is 0 Å². The molecule has 0 saturated heterocycles. The van der Waals surface area contributed by atoms with E-state index in [1.54, 1.807) is 0 Å². The van der Waals surface area contributed by atoms with Crippen LogP contribution in [-0.4, -0.2) is 16.6 Å². The molecule has 1 aromatic carbocycles. The fraction of sp³-hybridized carbons (Fsp3) is 0.188. The number of aromatic nitrogens is 1. The van der Waals surface area contributed by atoms with Crippen LogP contribution < -0.4 is 15.7 Å². The molecule has 0 atom stereocenters. The molecule has 0 fully saturated rings. The number of nitrogens with zero attached hydrogens (tertiary/aromatic N) is 1. The van der Waals surface area contributed by atoms with E-state index in [-0.39, 0.29) is 18.0 Å². The van der Waals surface area contributed by atoms with Crippen molar-refractivity contribution < 1.29 is 14.4 Å². The van der Waals surface area contributed by atoms with Crippen LogP contribution in [0.15, 0.2) is 53.5 Å². The van der Waals surface area contributed by atoms with E-state index in [0.717, 1.165) is 10.3 Å². The van der Waals surface area contributed by atoms with E-state index in [2.05, 4.69) is 5.32 Å². The third kappa shape index (κ3) is 4.31. The predicted molar refractivity (Wildman–Crippen MR) is 81.4 cm³/mol. The van der Waals surface area contributed by atoms with Crippen molar-refractivity contribution in [3.8, 4) is 0 Å². The number of carbonyl (C=O) groups excluding carboxylic acids is 2. The van der Waals surface area contributed by atoms with Crippen molar-refractivity contribution in [2.24, 2.45) is 0 Å². The monoisotopic (exact) mass is 300 g/mol. The average molecular weight is 300 g/mol. The van der Waals surface area contributed by atoms with Crippen LogP contribution in [0.3, 0.4) is 0 Å². The largest absolute Gasteiger partial charge is 0.334 e. The minimum Gasteiger partial charge on any atom is -0.334 e. The molecule has 0 spiro atoms. The zero-order chi connectivity index (χ0) is 15.9. The van der Waals surface area contributed by atoms with Gasteiger partial charge in [-0.05, 0) is 24.1 Å².